The molecule has 3 atom stereocenters. The number of carbonyl (C=O) groups is 2. The molecule has 1 saturated heterocycles. The quantitative estimate of drug-likeness (QED) is 0.134. The lowest BCUT2D eigenvalue weighted by Gasteiger charge is -2.23. The number of nitrogens with one attached hydrogen (secondary N) is 2. The Bertz CT molecular complexity index is 2040. The maximum absolute atomic E-state index is 13.3. The zero-order valence-electron chi connectivity index (χ0n) is 27.9. The maximum atomic E-state index is 13.3. The van der Waals surface area contributed by atoms with Gasteiger partial charge in [-0.3, -0.25) is 4.79 Å². The number of nitrogens with two attached hydrogens (primary N) is 1. The van der Waals surface area contributed by atoms with Crippen molar-refractivity contribution in [3.05, 3.63) is 103 Å². The molecule has 11 nitrogen and oxygen atoms in total. The van der Waals surface area contributed by atoms with E-state index in [9.17, 15) is 19.1 Å². The van der Waals surface area contributed by atoms with Gasteiger partial charge in [0.1, 0.15) is 36.4 Å². The van der Waals surface area contributed by atoms with E-state index < -0.39 is 11.6 Å². The average molecular weight is 688 g/mol. The first kappa shape index (κ1) is 32.5. The summed E-state index contributed by atoms with van der Waals surface area (Å²) >= 11 is 0. The molecular weight excluding hydrogens is 649 g/mol. The minimum absolute atomic E-state index is 0.229. The number of hydrogen-bond donors (Lipinski definition) is 4. The fraction of sp³-hybridized carbons (Fsp3) is 0.333. The number of rotatable bonds is 10. The Kier molecular flexibility index (Phi) is 8.44. The number of nitrogen functional groups attached to an aromatic ring is 1. The molecule has 3 heterocycles. The van der Waals surface area contributed by atoms with Crippen molar-refractivity contribution < 1.29 is 23.8 Å². The van der Waals surface area contributed by atoms with Gasteiger partial charge in [0.2, 0.25) is 5.91 Å². The van der Waals surface area contributed by atoms with E-state index in [1.807, 2.05) is 35.2 Å². The second-order valence-corrected chi connectivity index (χ2v) is 14.1. The van der Waals surface area contributed by atoms with Crippen LogP contribution >= 0.6 is 0 Å². The van der Waals surface area contributed by atoms with Crippen molar-refractivity contribution in [3.8, 4) is 11.1 Å². The highest BCUT2D eigenvalue weighted by atomic mass is 19.1. The highest BCUT2D eigenvalue weighted by Gasteiger charge is 2.56. The van der Waals surface area contributed by atoms with Gasteiger partial charge in [-0.1, -0.05) is 24.3 Å². The number of aromatic nitrogens is 3. The molecular formula is C39H38FN7O4. The van der Waals surface area contributed by atoms with Gasteiger partial charge in [0.15, 0.2) is 0 Å². The van der Waals surface area contributed by atoms with Gasteiger partial charge in [-0.25, -0.2) is 19.2 Å². The first-order chi connectivity index (χ1) is 24.8. The molecule has 5 aromatic rings. The van der Waals surface area contributed by atoms with E-state index in [1.54, 1.807) is 12.1 Å². The molecule has 2 saturated carbocycles. The number of halogens is 1. The van der Waals surface area contributed by atoms with Crippen LogP contribution in [0.3, 0.4) is 0 Å². The highest BCUT2D eigenvalue weighted by Crippen LogP contribution is 2.50. The molecule has 3 fully saturated rings. The molecule has 51 heavy (non-hydrogen) atoms. The van der Waals surface area contributed by atoms with Gasteiger partial charge in [-0.05, 0) is 109 Å². The van der Waals surface area contributed by atoms with Crippen LogP contribution in [0.1, 0.15) is 31.2 Å². The minimum Gasteiger partial charge on any atom is -0.445 e. The predicted molar refractivity (Wildman–Crippen MR) is 189 cm³/mol. The Labute approximate surface area is 294 Å². The second kappa shape index (κ2) is 13.2. The Hall–Kier alpha value is -5.67. The number of carbonyl (C=O) groups excluding carboxylic acids is 2. The predicted octanol–water partition coefficient (Wildman–Crippen LogP) is 5.86. The van der Waals surface area contributed by atoms with Crippen LogP contribution in [0.2, 0.25) is 0 Å². The zero-order chi connectivity index (χ0) is 35.1. The third-order valence-corrected chi connectivity index (χ3v) is 10.7. The summed E-state index contributed by atoms with van der Waals surface area (Å²) in [5.74, 6) is 0.999. The molecule has 2 amide bonds. The van der Waals surface area contributed by atoms with E-state index in [-0.39, 0.29) is 24.4 Å². The van der Waals surface area contributed by atoms with E-state index in [1.165, 1.54) is 30.6 Å². The normalized spacial score (nSPS) is 20.7. The molecule has 2 aliphatic carbocycles. The molecule has 3 aromatic carbocycles. The van der Waals surface area contributed by atoms with Crippen molar-refractivity contribution in [3.63, 3.8) is 0 Å². The Morgan fingerprint density at radius 1 is 1.02 bits per heavy atom. The monoisotopic (exact) mass is 687 g/mol. The van der Waals surface area contributed by atoms with E-state index >= 15 is 0 Å². The smallest absolute Gasteiger partial charge is 0.410 e. The largest absolute Gasteiger partial charge is 0.445 e. The summed E-state index contributed by atoms with van der Waals surface area (Å²) in [4.78, 5) is 36.6. The molecule has 0 spiro atoms. The first-order valence-electron chi connectivity index (χ1n) is 17.3. The van der Waals surface area contributed by atoms with Crippen LogP contribution in [0.5, 0.6) is 0 Å². The molecule has 2 aromatic heterocycles. The van der Waals surface area contributed by atoms with Crippen LogP contribution in [0, 0.1) is 41.1 Å². The molecule has 8 rings (SSSR count). The van der Waals surface area contributed by atoms with Crippen molar-refractivity contribution in [2.45, 2.75) is 45.1 Å². The third kappa shape index (κ3) is 6.53. The summed E-state index contributed by atoms with van der Waals surface area (Å²) in [6, 6.07) is 24.3. The Morgan fingerprint density at radius 2 is 1.75 bits per heavy atom. The molecule has 1 aliphatic heterocycles. The van der Waals surface area contributed by atoms with Gasteiger partial charge < -0.3 is 35.7 Å². The third-order valence-electron chi connectivity index (χ3n) is 10.7. The van der Waals surface area contributed by atoms with Crippen molar-refractivity contribution in [1.82, 2.24) is 19.4 Å². The number of aliphatic hydroxyl groups excluding tert-OH is 1. The standard InChI is InChI=1S/C39H38FN7O4/c40-29-8-12-31(13-9-29)45-37(49)39(14-15-39)36(48)44-30-10-6-26(7-11-30)32-21-46(35-33(32)34(41)42-23-43-35)18-25-16-27-19-47(20-28(27)17-25)38(50)51-22-24-4-2-1-3-5-24/h2,4-13,21,23,25,27-28,36,44,48H,14-20,22H2,(H,45,49)(H2,41,42,43). The lowest BCUT2D eigenvalue weighted by molar-refractivity contribution is -0.124. The van der Waals surface area contributed by atoms with Crippen LogP contribution in [0.15, 0.2) is 79.3 Å². The van der Waals surface area contributed by atoms with Gasteiger partial charge in [0, 0.05) is 42.8 Å². The molecule has 5 N–H and O–H groups in total. The Balaban J connectivity index is 0.910. The zero-order valence-corrected chi connectivity index (χ0v) is 27.9. The number of anilines is 3. The van der Waals surface area contributed by atoms with E-state index in [4.69, 9.17) is 10.5 Å². The highest BCUT2D eigenvalue weighted by molar-refractivity contribution is 6.01. The maximum Gasteiger partial charge on any atom is 0.410 e. The van der Waals surface area contributed by atoms with Crippen LogP contribution in [0.25, 0.3) is 22.2 Å². The topological polar surface area (TPSA) is 148 Å². The number of fused-ring (bicyclic) bond motifs is 2. The SMILES string of the molecule is Nc1ncnc2c1c(-c1ccc(NC(O)C3(C(=O)Nc4ccc(F)cc4)CC3)cc1)cn2CC1CC2CN(C(=O)OCc3cc#ccc3)CC2C1. The van der Waals surface area contributed by atoms with Gasteiger partial charge in [0.05, 0.1) is 10.8 Å². The van der Waals surface area contributed by atoms with Crippen molar-refractivity contribution >= 4 is 40.2 Å². The van der Waals surface area contributed by atoms with Gasteiger partial charge in [-0.2, -0.15) is 0 Å². The number of amides is 2. The summed E-state index contributed by atoms with van der Waals surface area (Å²) in [5.41, 5.74) is 10.1. The number of hydrogen-bond acceptors (Lipinski definition) is 8. The van der Waals surface area contributed by atoms with Crippen LogP contribution in [0.4, 0.5) is 26.4 Å². The summed E-state index contributed by atoms with van der Waals surface area (Å²) in [5, 5.41) is 17.7. The lowest BCUT2D eigenvalue weighted by atomic mass is 10.0. The van der Waals surface area contributed by atoms with E-state index in [0.29, 0.717) is 60.9 Å². The number of ether oxygens (including phenoxy) is 1. The molecule has 0 bridgehead atoms. The average Bonchev–Trinajstić information content (AvgIpc) is 3.56. The summed E-state index contributed by atoms with van der Waals surface area (Å²) in [6.45, 7) is 2.42. The lowest BCUT2D eigenvalue weighted by Crippen LogP contribution is -2.39. The van der Waals surface area contributed by atoms with Crippen molar-refractivity contribution in [2.75, 3.05) is 29.5 Å². The molecule has 3 unspecified atom stereocenters. The summed E-state index contributed by atoms with van der Waals surface area (Å²) < 4.78 is 21.0. The molecule has 0 radical (unpaired) electrons. The van der Waals surface area contributed by atoms with Gasteiger partial charge in [-0.15, -0.1) is 0 Å². The fourth-order valence-electron chi connectivity index (χ4n) is 7.80. The first-order valence-corrected chi connectivity index (χ1v) is 17.3. The second-order valence-electron chi connectivity index (χ2n) is 14.1. The van der Waals surface area contributed by atoms with E-state index in [0.717, 1.165) is 47.1 Å². The Morgan fingerprint density at radius 3 is 2.43 bits per heavy atom. The summed E-state index contributed by atoms with van der Waals surface area (Å²) in [7, 11) is 0. The number of nitrogens with zero attached hydrogens (tertiary/aromatic N) is 4. The van der Waals surface area contributed by atoms with Crippen molar-refractivity contribution in [1.29, 1.82) is 0 Å². The van der Waals surface area contributed by atoms with Crippen LogP contribution in [-0.2, 0) is 22.7 Å². The van der Waals surface area contributed by atoms with Crippen LogP contribution < -0.4 is 16.4 Å². The molecule has 260 valence electrons. The fourth-order valence-corrected chi connectivity index (χ4v) is 7.80. The summed E-state index contributed by atoms with van der Waals surface area (Å²) in [6.07, 6.45) is 5.30. The van der Waals surface area contributed by atoms with Gasteiger partial charge in [0.25, 0.3) is 0 Å². The van der Waals surface area contributed by atoms with Crippen LogP contribution in [-0.4, -0.2) is 55.9 Å². The molecule has 12 heteroatoms. The number of likely N-dealkylation sites (tertiary alicyclic amines) is 1. The minimum atomic E-state index is -1.11. The molecule has 3 aliphatic rings. The number of aliphatic hydroxyl groups is 1. The van der Waals surface area contributed by atoms with Crippen molar-refractivity contribution in [2.24, 2.45) is 23.2 Å². The number of benzene rings is 2. The van der Waals surface area contributed by atoms with Gasteiger partial charge >= 0.3 is 6.09 Å². The van der Waals surface area contributed by atoms with E-state index in [2.05, 4.69) is 43.5 Å².